The van der Waals surface area contributed by atoms with Crippen molar-refractivity contribution in [2.24, 2.45) is 0 Å². The molecule has 10 nitrogen and oxygen atoms in total. The summed E-state index contributed by atoms with van der Waals surface area (Å²) < 4.78 is 43.2. The Kier molecular flexibility index (Phi) is 7.99. The summed E-state index contributed by atoms with van der Waals surface area (Å²) in [5, 5.41) is 2.82. The Morgan fingerprint density at radius 2 is 1.79 bits per heavy atom. The molecule has 0 saturated carbocycles. The number of H-pyrrole nitrogens is 1. The second kappa shape index (κ2) is 11.1. The van der Waals surface area contributed by atoms with Crippen LogP contribution in [0.2, 0.25) is 0 Å². The molecule has 11 heteroatoms. The molecule has 0 atom stereocenters. The summed E-state index contributed by atoms with van der Waals surface area (Å²) in [4.78, 5) is 17.7. The predicted molar refractivity (Wildman–Crippen MR) is 121 cm³/mol. The molecule has 0 spiro atoms. The van der Waals surface area contributed by atoms with Crippen molar-refractivity contribution in [3.8, 4) is 5.75 Å². The lowest BCUT2D eigenvalue weighted by atomic mass is 10.2. The average molecular weight is 479 g/mol. The fourth-order valence-electron chi connectivity index (χ4n) is 3.73. The molecule has 1 amide bonds. The van der Waals surface area contributed by atoms with Crippen LogP contribution in [0.15, 0.2) is 41.4 Å². The zero-order valence-electron chi connectivity index (χ0n) is 18.5. The maximum Gasteiger partial charge on any atom is 0.268 e. The summed E-state index contributed by atoms with van der Waals surface area (Å²) in [6, 6.07) is 8.93. The Hall–Kier alpha value is -2.44. The maximum atomic E-state index is 12.7. The molecule has 2 saturated heterocycles. The highest BCUT2D eigenvalue weighted by molar-refractivity contribution is 7.89. The number of benzene rings is 1. The van der Waals surface area contributed by atoms with Gasteiger partial charge in [0.25, 0.3) is 5.91 Å². The molecule has 2 aliphatic rings. The van der Waals surface area contributed by atoms with Crippen molar-refractivity contribution in [2.45, 2.75) is 11.4 Å². The molecule has 1 aromatic heterocycles. The first kappa shape index (κ1) is 23.7. The minimum atomic E-state index is -3.65. The Bertz CT molecular complexity index is 1030. The van der Waals surface area contributed by atoms with E-state index in [1.807, 2.05) is 24.3 Å². The maximum absolute atomic E-state index is 12.7. The highest BCUT2D eigenvalue weighted by atomic mass is 32.2. The number of nitrogens with one attached hydrogen (secondary N) is 2. The van der Waals surface area contributed by atoms with Gasteiger partial charge in [0.05, 0.1) is 26.4 Å². The summed E-state index contributed by atoms with van der Waals surface area (Å²) in [7, 11) is -3.65. The topological polar surface area (TPSA) is 113 Å². The molecule has 1 aromatic carbocycles. The third-order valence-electron chi connectivity index (χ3n) is 5.64. The standard InChI is InChI=1S/C22H30N4O6S/c27-22(21-15-20(17-23-21)33(28,29)26-7-11-31-12-8-26)24-16-18-2-1-3-19(14-18)32-13-6-25-4-9-30-10-5-25/h1-3,14-15,17,23H,4-13,16H2,(H,24,27). The number of hydrogen-bond acceptors (Lipinski definition) is 7. The van der Waals surface area contributed by atoms with Crippen molar-refractivity contribution in [1.29, 1.82) is 0 Å². The van der Waals surface area contributed by atoms with Gasteiger partial charge in [-0.2, -0.15) is 4.31 Å². The fraction of sp³-hybridized carbons (Fsp3) is 0.500. The Morgan fingerprint density at radius 1 is 1.06 bits per heavy atom. The lowest BCUT2D eigenvalue weighted by Crippen LogP contribution is -2.40. The molecule has 33 heavy (non-hydrogen) atoms. The smallest absolute Gasteiger partial charge is 0.268 e. The van der Waals surface area contributed by atoms with Crippen molar-refractivity contribution in [1.82, 2.24) is 19.5 Å². The highest BCUT2D eigenvalue weighted by Crippen LogP contribution is 2.18. The molecule has 2 fully saturated rings. The van der Waals surface area contributed by atoms with Crippen LogP contribution >= 0.6 is 0 Å². The lowest BCUT2D eigenvalue weighted by molar-refractivity contribution is 0.0322. The Labute approximate surface area is 193 Å². The van der Waals surface area contributed by atoms with E-state index in [0.29, 0.717) is 39.5 Å². The van der Waals surface area contributed by atoms with Crippen LogP contribution in [-0.4, -0.2) is 94.3 Å². The van der Waals surface area contributed by atoms with Crippen LogP contribution < -0.4 is 10.1 Å². The van der Waals surface area contributed by atoms with Crippen molar-refractivity contribution >= 4 is 15.9 Å². The number of sulfonamides is 1. The van der Waals surface area contributed by atoms with Gasteiger partial charge < -0.3 is 24.5 Å². The largest absolute Gasteiger partial charge is 0.492 e. The van der Waals surface area contributed by atoms with Crippen LogP contribution in [-0.2, 0) is 26.0 Å². The molecule has 3 heterocycles. The van der Waals surface area contributed by atoms with Gasteiger partial charge in [0.15, 0.2) is 0 Å². The van der Waals surface area contributed by atoms with Gasteiger partial charge in [-0.1, -0.05) is 12.1 Å². The number of amides is 1. The summed E-state index contributed by atoms with van der Waals surface area (Å²) in [6.45, 7) is 6.43. The van der Waals surface area contributed by atoms with Gasteiger partial charge in [0.2, 0.25) is 10.0 Å². The first-order valence-electron chi connectivity index (χ1n) is 11.1. The van der Waals surface area contributed by atoms with Crippen LogP contribution in [0.3, 0.4) is 0 Å². The third-order valence-corrected chi connectivity index (χ3v) is 7.52. The van der Waals surface area contributed by atoms with Gasteiger partial charge in [-0.15, -0.1) is 0 Å². The quantitative estimate of drug-likeness (QED) is 0.545. The molecule has 0 aliphatic carbocycles. The third kappa shape index (κ3) is 6.33. The van der Waals surface area contributed by atoms with E-state index < -0.39 is 10.0 Å². The van der Waals surface area contributed by atoms with Gasteiger partial charge in [0, 0.05) is 45.5 Å². The average Bonchev–Trinajstić information content (AvgIpc) is 3.36. The zero-order chi connectivity index (χ0) is 23.1. The van der Waals surface area contributed by atoms with Gasteiger partial charge in [0.1, 0.15) is 22.9 Å². The molecule has 0 bridgehead atoms. The summed E-state index contributed by atoms with van der Waals surface area (Å²) in [5.74, 6) is 0.367. The zero-order valence-corrected chi connectivity index (χ0v) is 19.3. The van der Waals surface area contributed by atoms with Gasteiger partial charge >= 0.3 is 0 Å². The van der Waals surface area contributed by atoms with E-state index in [9.17, 15) is 13.2 Å². The van der Waals surface area contributed by atoms with Crippen LogP contribution in [0.5, 0.6) is 5.75 Å². The van der Waals surface area contributed by atoms with E-state index in [4.69, 9.17) is 14.2 Å². The number of nitrogens with zero attached hydrogens (tertiary/aromatic N) is 2. The lowest BCUT2D eigenvalue weighted by Gasteiger charge is -2.26. The second-order valence-electron chi connectivity index (χ2n) is 7.90. The van der Waals surface area contributed by atoms with Crippen molar-refractivity contribution in [3.05, 3.63) is 47.8 Å². The number of aromatic nitrogens is 1. The van der Waals surface area contributed by atoms with Gasteiger partial charge in [-0.3, -0.25) is 9.69 Å². The first-order chi connectivity index (χ1) is 16.0. The molecule has 0 unspecified atom stereocenters. The number of hydrogen-bond donors (Lipinski definition) is 2. The number of rotatable bonds is 9. The van der Waals surface area contributed by atoms with E-state index in [1.54, 1.807) is 0 Å². The summed E-state index contributed by atoms with van der Waals surface area (Å²) in [6.07, 6.45) is 1.35. The van der Waals surface area contributed by atoms with Gasteiger partial charge in [-0.05, 0) is 23.8 Å². The number of ether oxygens (including phenoxy) is 3. The van der Waals surface area contributed by atoms with Gasteiger partial charge in [-0.25, -0.2) is 8.42 Å². The predicted octanol–water partition coefficient (Wildman–Crippen LogP) is 0.677. The van der Waals surface area contributed by atoms with E-state index >= 15 is 0 Å². The van der Waals surface area contributed by atoms with Crippen LogP contribution in [0.4, 0.5) is 0 Å². The summed E-state index contributed by atoms with van der Waals surface area (Å²) in [5.41, 5.74) is 1.08. The SMILES string of the molecule is O=C(NCc1cccc(OCCN2CCOCC2)c1)c1cc(S(=O)(=O)N2CCOCC2)c[nH]1. The van der Waals surface area contributed by atoms with Crippen LogP contribution in [0.25, 0.3) is 0 Å². The second-order valence-corrected chi connectivity index (χ2v) is 9.84. The molecular weight excluding hydrogens is 448 g/mol. The molecule has 2 N–H and O–H groups in total. The van der Waals surface area contributed by atoms with Crippen LogP contribution in [0, 0.1) is 0 Å². The first-order valence-corrected chi connectivity index (χ1v) is 12.5. The molecular formula is C22H30N4O6S. The normalized spacial score (nSPS) is 18.2. The Balaban J connectivity index is 1.28. The minimum absolute atomic E-state index is 0.0743. The highest BCUT2D eigenvalue weighted by Gasteiger charge is 2.28. The van der Waals surface area contributed by atoms with Crippen molar-refractivity contribution < 1.29 is 27.4 Å². The van der Waals surface area contributed by atoms with E-state index in [-0.39, 0.29) is 16.5 Å². The molecule has 180 valence electrons. The van der Waals surface area contributed by atoms with E-state index in [1.165, 1.54) is 16.6 Å². The minimum Gasteiger partial charge on any atom is -0.492 e. The van der Waals surface area contributed by atoms with E-state index in [0.717, 1.165) is 44.2 Å². The van der Waals surface area contributed by atoms with E-state index in [2.05, 4.69) is 15.2 Å². The monoisotopic (exact) mass is 478 g/mol. The van der Waals surface area contributed by atoms with Crippen LogP contribution in [0.1, 0.15) is 16.1 Å². The van der Waals surface area contributed by atoms with Crippen molar-refractivity contribution in [2.75, 3.05) is 65.8 Å². The summed E-state index contributed by atoms with van der Waals surface area (Å²) >= 11 is 0. The number of morpholine rings is 2. The molecule has 2 aromatic rings. The van der Waals surface area contributed by atoms with Crippen molar-refractivity contribution in [3.63, 3.8) is 0 Å². The number of aromatic amines is 1. The molecule has 2 aliphatic heterocycles. The molecule has 0 radical (unpaired) electrons. The fourth-order valence-corrected chi connectivity index (χ4v) is 5.13. The number of carbonyl (C=O) groups excluding carboxylic acids is 1. The number of carbonyl (C=O) groups is 1. The molecule has 4 rings (SSSR count). The Morgan fingerprint density at radius 3 is 2.55 bits per heavy atom.